The van der Waals surface area contributed by atoms with Gasteiger partial charge in [0.05, 0.1) is 4.90 Å². The number of fused-ring (bicyclic) bond motifs is 1. The van der Waals surface area contributed by atoms with Crippen LogP contribution in [0.2, 0.25) is 0 Å². The first-order valence-corrected chi connectivity index (χ1v) is 9.37. The fourth-order valence-corrected chi connectivity index (χ4v) is 3.53. The van der Waals surface area contributed by atoms with E-state index in [-0.39, 0.29) is 24.7 Å². The molecule has 0 radical (unpaired) electrons. The summed E-state index contributed by atoms with van der Waals surface area (Å²) in [5, 5.41) is 3.91. The lowest BCUT2D eigenvalue weighted by Gasteiger charge is -2.06. The van der Waals surface area contributed by atoms with Gasteiger partial charge < -0.3 is 14.0 Å². The van der Waals surface area contributed by atoms with Crippen molar-refractivity contribution in [2.75, 3.05) is 13.3 Å². The van der Waals surface area contributed by atoms with E-state index in [0.29, 0.717) is 23.2 Å². The second kappa shape index (κ2) is 6.77. The minimum Gasteiger partial charge on any atom is -0.454 e. The Balaban J connectivity index is 1.39. The molecule has 9 heteroatoms. The highest BCUT2D eigenvalue weighted by Gasteiger charge is 2.20. The van der Waals surface area contributed by atoms with E-state index >= 15 is 0 Å². The van der Waals surface area contributed by atoms with Crippen molar-refractivity contribution in [2.45, 2.75) is 11.3 Å². The lowest BCUT2D eigenvalue weighted by atomic mass is 10.2. The van der Waals surface area contributed by atoms with Crippen LogP contribution >= 0.6 is 0 Å². The van der Waals surface area contributed by atoms with Crippen molar-refractivity contribution in [2.24, 2.45) is 0 Å². The van der Waals surface area contributed by atoms with Crippen LogP contribution in [0.15, 0.2) is 57.9 Å². The van der Waals surface area contributed by atoms with Gasteiger partial charge in [0.25, 0.3) is 0 Å². The number of nitrogens with zero attached hydrogens (tertiary/aromatic N) is 2. The standard InChI is InChI=1S/C17H15N3O5S/c21-26(22,13-6-7-14-15(10-13)24-11-23-14)18-9-8-16-19-17(20-25-16)12-4-2-1-3-5-12/h1-7,10,18H,8-9,11H2. The average molecular weight is 373 g/mol. The number of sulfonamides is 1. The van der Waals surface area contributed by atoms with Crippen LogP contribution in [0.4, 0.5) is 0 Å². The molecule has 2 aromatic carbocycles. The van der Waals surface area contributed by atoms with Gasteiger partial charge in [0.1, 0.15) is 0 Å². The molecule has 0 saturated heterocycles. The first kappa shape index (κ1) is 16.6. The van der Waals surface area contributed by atoms with Crippen molar-refractivity contribution in [3.05, 3.63) is 54.4 Å². The fraction of sp³-hybridized carbons (Fsp3) is 0.176. The molecule has 1 aromatic heterocycles. The van der Waals surface area contributed by atoms with Gasteiger partial charge in [0, 0.05) is 24.6 Å². The Morgan fingerprint density at radius 2 is 1.85 bits per heavy atom. The summed E-state index contributed by atoms with van der Waals surface area (Å²) in [5.41, 5.74) is 0.837. The van der Waals surface area contributed by atoms with E-state index in [2.05, 4.69) is 14.9 Å². The van der Waals surface area contributed by atoms with Gasteiger partial charge >= 0.3 is 0 Å². The summed E-state index contributed by atoms with van der Waals surface area (Å²) in [6.45, 7) is 0.223. The fourth-order valence-electron chi connectivity index (χ4n) is 2.48. The second-order valence-corrected chi connectivity index (χ2v) is 7.31. The normalized spacial score (nSPS) is 13.1. The molecule has 1 aliphatic rings. The topological polar surface area (TPSA) is 104 Å². The number of rotatable bonds is 6. The number of hydrogen-bond acceptors (Lipinski definition) is 7. The molecule has 0 aliphatic carbocycles. The Kier molecular flexibility index (Phi) is 4.31. The van der Waals surface area contributed by atoms with Gasteiger partial charge in [-0.2, -0.15) is 4.98 Å². The molecule has 134 valence electrons. The average Bonchev–Trinajstić information content (AvgIpc) is 3.31. The molecular weight excluding hydrogens is 358 g/mol. The molecule has 0 fully saturated rings. The van der Waals surface area contributed by atoms with E-state index in [1.165, 1.54) is 12.1 Å². The lowest BCUT2D eigenvalue weighted by Crippen LogP contribution is -2.26. The van der Waals surface area contributed by atoms with Crippen molar-refractivity contribution >= 4 is 10.0 Å². The van der Waals surface area contributed by atoms with E-state index in [9.17, 15) is 8.42 Å². The van der Waals surface area contributed by atoms with Crippen LogP contribution in [-0.4, -0.2) is 31.9 Å². The maximum Gasteiger partial charge on any atom is 0.240 e. The van der Waals surface area contributed by atoms with Crippen molar-refractivity contribution in [3.63, 3.8) is 0 Å². The molecule has 3 aromatic rings. The maximum atomic E-state index is 12.4. The summed E-state index contributed by atoms with van der Waals surface area (Å²) < 4.78 is 42.8. The highest BCUT2D eigenvalue weighted by atomic mass is 32.2. The van der Waals surface area contributed by atoms with Crippen molar-refractivity contribution in [1.29, 1.82) is 0 Å². The largest absolute Gasteiger partial charge is 0.454 e. The van der Waals surface area contributed by atoms with Gasteiger partial charge in [-0.1, -0.05) is 35.5 Å². The molecule has 8 nitrogen and oxygen atoms in total. The molecule has 0 atom stereocenters. The number of aromatic nitrogens is 2. The molecule has 2 heterocycles. The minimum absolute atomic E-state index is 0.0904. The van der Waals surface area contributed by atoms with E-state index in [0.717, 1.165) is 5.56 Å². The van der Waals surface area contributed by atoms with Crippen LogP contribution in [-0.2, 0) is 16.4 Å². The first-order chi connectivity index (χ1) is 12.6. The summed E-state index contributed by atoms with van der Waals surface area (Å²) in [6.07, 6.45) is 0.281. The molecule has 0 bridgehead atoms. The third-order valence-corrected chi connectivity index (χ3v) is 5.24. The molecule has 26 heavy (non-hydrogen) atoms. The van der Waals surface area contributed by atoms with Crippen LogP contribution < -0.4 is 14.2 Å². The molecule has 1 aliphatic heterocycles. The predicted molar refractivity (Wildman–Crippen MR) is 91.2 cm³/mol. The number of hydrogen-bond donors (Lipinski definition) is 1. The van der Waals surface area contributed by atoms with Crippen LogP contribution in [0.1, 0.15) is 5.89 Å². The lowest BCUT2D eigenvalue weighted by molar-refractivity contribution is 0.174. The van der Waals surface area contributed by atoms with E-state index in [1.54, 1.807) is 6.07 Å². The Morgan fingerprint density at radius 1 is 1.04 bits per heavy atom. The molecule has 0 unspecified atom stereocenters. The van der Waals surface area contributed by atoms with Gasteiger partial charge in [-0.25, -0.2) is 13.1 Å². The Hall–Kier alpha value is -2.91. The maximum absolute atomic E-state index is 12.4. The highest BCUT2D eigenvalue weighted by Crippen LogP contribution is 2.33. The van der Waals surface area contributed by atoms with E-state index in [4.69, 9.17) is 14.0 Å². The molecule has 0 saturated carbocycles. The zero-order chi connectivity index (χ0) is 18.0. The van der Waals surface area contributed by atoms with Crippen molar-refractivity contribution < 1.29 is 22.4 Å². The molecule has 4 rings (SSSR count). The van der Waals surface area contributed by atoms with Crippen molar-refractivity contribution in [3.8, 4) is 22.9 Å². The second-order valence-electron chi connectivity index (χ2n) is 5.54. The number of nitrogens with one attached hydrogen (secondary N) is 1. The van der Waals surface area contributed by atoms with Crippen molar-refractivity contribution in [1.82, 2.24) is 14.9 Å². The van der Waals surface area contributed by atoms with Crippen LogP contribution in [0, 0.1) is 0 Å². The molecule has 0 amide bonds. The Bertz CT molecular complexity index is 1020. The van der Waals surface area contributed by atoms with Gasteiger partial charge in [-0.15, -0.1) is 0 Å². The summed E-state index contributed by atoms with van der Waals surface area (Å²) >= 11 is 0. The third kappa shape index (κ3) is 3.39. The molecule has 0 spiro atoms. The van der Waals surface area contributed by atoms with Crippen LogP contribution in [0.25, 0.3) is 11.4 Å². The van der Waals surface area contributed by atoms with Gasteiger partial charge in [0.15, 0.2) is 11.5 Å². The monoisotopic (exact) mass is 373 g/mol. The minimum atomic E-state index is -3.67. The smallest absolute Gasteiger partial charge is 0.240 e. The van der Waals surface area contributed by atoms with E-state index in [1.807, 2.05) is 30.3 Å². The van der Waals surface area contributed by atoms with Gasteiger partial charge in [0.2, 0.25) is 28.5 Å². The number of benzene rings is 2. The SMILES string of the molecule is O=S(=O)(NCCc1nc(-c2ccccc2)no1)c1ccc2c(c1)OCO2. The van der Waals surface area contributed by atoms with Crippen LogP contribution in [0.3, 0.4) is 0 Å². The molecule has 1 N–H and O–H groups in total. The van der Waals surface area contributed by atoms with Gasteiger partial charge in [-0.3, -0.25) is 0 Å². The summed E-state index contributed by atoms with van der Waals surface area (Å²) in [7, 11) is -3.67. The predicted octanol–water partition coefficient (Wildman–Crippen LogP) is 1.99. The van der Waals surface area contributed by atoms with Crippen LogP contribution in [0.5, 0.6) is 11.5 Å². The summed E-state index contributed by atoms with van der Waals surface area (Å²) in [5.74, 6) is 1.77. The zero-order valence-corrected chi connectivity index (χ0v) is 14.4. The highest BCUT2D eigenvalue weighted by molar-refractivity contribution is 7.89. The summed E-state index contributed by atoms with van der Waals surface area (Å²) in [4.78, 5) is 4.38. The first-order valence-electron chi connectivity index (χ1n) is 7.89. The number of ether oxygens (including phenoxy) is 2. The Morgan fingerprint density at radius 3 is 2.69 bits per heavy atom. The molecular formula is C17H15N3O5S. The summed E-state index contributed by atoms with van der Waals surface area (Å²) in [6, 6.07) is 13.9. The van der Waals surface area contributed by atoms with E-state index < -0.39 is 10.0 Å². The zero-order valence-electron chi connectivity index (χ0n) is 13.6. The van der Waals surface area contributed by atoms with Gasteiger partial charge in [-0.05, 0) is 12.1 Å². The third-order valence-electron chi connectivity index (χ3n) is 3.79. The quantitative estimate of drug-likeness (QED) is 0.705. The Labute approximate surface area is 149 Å².